The van der Waals surface area contributed by atoms with E-state index in [1.165, 1.54) is 69.8 Å². The first-order valence-electron chi connectivity index (χ1n) is 12.3. The Hall–Kier alpha value is -1.77. The van der Waals surface area contributed by atoms with Gasteiger partial charge < -0.3 is 0 Å². The molecular formula is C27H39FN2. The summed E-state index contributed by atoms with van der Waals surface area (Å²) < 4.78 is 14.9. The largest absolute Gasteiger partial charge is 0.236 e. The lowest BCUT2D eigenvalue weighted by molar-refractivity contribution is 0.301. The SMILES string of the molecule is CCCCCCCc1cnc(-c2ccc([C@H]3CC[C@H](CCCC)CC3)c(F)c2)nc1. The maximum Gasteiger partial charge on any atom is 0.159 e. The summed E-state index contributed by atoms with van der Waals surface area (Å²) in [7, 11) is 0. The minimum atomic E-state index is -0.0897. The predicted molar refractivity (Wildman–Crippen MR) is 124 cm³/mol. The van der Waals surface area contributed by atoms with E-state index in [9.17, 15) is 4.39 Å². The van der Waals surface area contributed by atoms with Crippen molar-refractivity contribution in [2.75, 3.05) is 0 Å². The number of hydrogen-bond donors (Lipinski definition) is 0. The van der Waals surface area contributed by atoms with E-state index in [2.05, 4.69) is 23.8 Å². The summed E-state index contributed by atoms with van der Waals surface area (Å²) in [4.78, 5) is 9.02. The Bertz CT molecular complexity index is 748. The molecule has 3 rings (SSSR count). The molecule has 1 heterocycles. The van der Waals surface area contributed by atoms with Crippen molar-refractivity contribution in [3.63, 3.8) is 0 Å². The molecule has 2 aromatic rings. The first-order chi connectivity index (χ1) is 14.7. The van der Waals surface area contributed by atoms with Crippen LogP contribution in [-0.2, 0) is 6.42 Å². The van der Waals surface area contributed by atoms with Gasteiger partial charge in [0.1, 0.15) is 5.82 Å². The third kappa shape index (κ3) is 6.62. The molecular weight excluding hydrogens is 371 g/mol. The van der Waals surface area contributed by atoms with Crippen LogP contribution < -0.4 is 0 Å². The summed E-state index contributed by atoms with van der Waals surface area (Å²) in [6.07, 6.45) is 19.9. The van der Waals surface area contributed by atoms with Gasteiger partial charge in [0.2, 0.25) is 0 Å². The quantitative estimate of drug-likeness (QED) is 0.348. The predicted octanol–water partition coefficient (Wildman–Crippen LogP) is 8.26. The van der Waals surface area contributed by atoms with Crippen molar-refractivity contribution in [1.29, 1.82) is 0 Å². The van der Waals surface area contributed by atoms with Crippen LogP contribution in [0.25, 0.3) is 11.4 Å². The third-order valence-corrected chi connectivity index (χ3v) is 6.79. The molecule has 1 aliphatic rings. The highest BCUT2D eigenvalue weighted by atomic mass is 19.1. The Labute approximate surface area is 182 Å². The smallest absolute Gasteiger partial charge is 0.159 e. The van der Waals surface area contributed by atoms with E-state index in [1.54, 1.807) is 6.07 Å². The first kappa shape index (κ1) is 22.9. The van der Waals surface area contributed by atoms with Crippen LogP contribution in [0.1, 0.15) is 108 Å². The molecule has 0 atom stereocenters. The van der Waals surface area contributed by atoms with Crippen molar-refractivity contribution in [1.82, 2.24) is 9.97 Å². The molecule has 1 saturated carbocycles. The number of aryl methyl sites for hydroxylation is 1. The molecule has 30 heavy (non-hydrogen) atoms. The second-order valence-electron chi connectivity index (χ2n) is 9.18. The lowest BCUT2D eigenvalue weighted by Gasteiger charge is -2.29. The summed E-state index contributed by atoms with van der Waals surface area (Å²) in [6.45, 7) is 4.50. The number of aromatic nitrogens is 2. The zero-order valence-electron chi connectivity index (χ0n) is 19.0. The second-order valence-corrected chi connectivity index (χ2v) is 9.18. The second kappa shape index (κ2) is 12.2. The van der Waals surface area contributed by atoms with Crippen molar-refractivity contribution in [2.24, 2.45) is 5.92 Å². The van der Waals surface area contributed by atoms with Gasteiger partial charge in [-0.1, -0.05) is 70.9 Å². The van der Waals surface area contributed by atoms with Gasteiger partial charge in [-0.25, -0.2) is 14.4 Å². The number of benzene rings is 1. The van der Waals surface area contributed by atoms with E-state index in [4.69, 9.17) is 0 Å². The number of hydrogen-bond acceptors (Lipinski definition) is 2. The van der Waals surface area contributed by atoms with Crippen LogP contribution in [0.15, 0.2) is 30.6 Å². The fraction of sp³-hybridized carbons (Fsp3) is 0.630. The number of halogens is 1. The van der Waals surface area contributed by atoms with Crippen molar-refractivity contribution >= 4 is 0 Å². The van der Waals surface area contributed by atoms with E-state index >= 15 is 0 Å². The molecule has 1 aliphatic carbocycles. The van der Waals surface area contributed by atoms with Crippen LogP contribution in [0.3, 0.4) is 0 Å². The van der Waals surface area contributed by atoms with Gasteiger partial charge in [-0.05, 0) is 67.6 Å². The monoisotopic (exact) mass is 410 g/mol. The normalized spacial score (nSPS) is 19.2. The van der Waals surface area contributed by atoms with Gasteiger partial charge in [0.15, 0.2) is 5.82 Å². The number of unbranched alkanes of at least 4 members (excludes halogenated alkanes) is 5. The van der Waals surface area contributed by atoms with Gasteiger partial charge in [-0.15, -0.1) is 0 Å². The standard InChI is InChI=1S/C27H39FN2/c1-3-5-7-8-9-11-22-19-29-27(30-20-22)24-16-17-25(26(28)18-24)23-14-12-21(13-15-23)10-6-4-2/h16-21,23H,3-15H2,1-2H3/t21-,23-. The maximum atomic E-state index is 14.9. The van der Waals surface area contributed by atoms with Gasteiger partial charge in [0, 0.05) is 18.0 Å². The Morgan fingerprint density at radius 2 is 1.57 bits per heavy atom. The molecule has 0 amide bonds. The summed E-state index contributed by atoms with van der Waals surface area (Å²) in [5, 5.41) is 0. The molecule has 2 nitrogen and oxygen atoms in total. The summed E-state index contributed by atoms with van der Waals surface area (Å²) in [5.41, 5.74) is 2.84. The molecule has 1 aromatic heterocycles. The highest BCUT2D eigenvalue weighted by Gasteiger charge is 2.24. The highest BCUT2D eigenvalue weighted by molar-refractivity contribution is 5.55. The fourth-order valence-electron chi connectivity index (χ4n) is 4.82. The third-order valence-electron chi connectivity index (χ3n) is 6.79. The minimum Gasteiger partial charge on any atom is -0.236 e. The van der Waals surface area contributed by atoms with E-state index in [0.717, 1.165) is 36.3 Å². The Kier molecular flexibility index (Phi) is 9.29. The fourth-order valence-corrected chi connectivity index (χ4v) is 4.82. The molecule has 164 valence electrons. The van der Waals surface area contributed by atoms with Crippen LogP contribution in [0.5, 0.6) is 0 Å². The molecule has 0 N–H and O–H groups in total. The summed E-state index contributed by atoms with van der Waals surface area (Å²) in [6, 6.07) is 5.62. The molecule has 1 aromatic carbocycles. The molecule has 0 aliphatic heterocycles. The minimum absolute atomic E-state index is 0.0897. The molecule has 0 radical (unpaired) electrons. The van der Waals surface area contributed by atoms with Crippen molar-refractivity contribution < 1.29 is 4.39 Å². The number of nitrogens with zero attached hydrogens (tertiary/aromatic N) is 2. The Morgan fingerprint density at radius 3 is 2.23 bits per heavy atom. The summed E-state index contributed by atoms with van der Waals surface area (Å²) in [5.74, 6) is 1.75. The molecule has 1 fully saturated rings. The lowest BCUT2D eigenvalue weighted by atomic mass is 9.77. The number of rotatable bonds is 11. The van der Waals surface area contributed by atoms with Gasteiger partial charge in [0.25, 0.3) is 0 Å². The van der Waals surface area contributed by atoms with Crippen molar-refractivity contribution in [2.45, 2.75) is 103 Å². The topological polar surface area (TPSA) is 25.8 Å². The van der Waals surface area contributed by atoms with Crippen LogP contribution in [0.4, 0.5) is 4.39 Å². The Balaban J connectivity index is 1.55. The molecule has 0 unspecified atom stereocenters. The van der Waals surface area contributed by atoms with Crippen molar-refractivity contribution in [3.05, 3.63) is 47.5 Å². The van der Waals surface area contributed by atoms with E-state index in [0.29, 0.717) is 11.7 Å². The van der Waals surface area contributed by atoms with Gasteiger partial charge in [-0.2, -0.15) is 0 Å². The highest BCUT2D eigenvalue weighted by Crippen LogP contribution is 2.39. The van der Waals surface area contributed by atoms with Gasteiger partial charge in [-0.3, -0.25) is 0 Å². The molecule has 0 saturated heterocycles. The van der Waals surface area contributed by atoms with Crippen molar-refractivity contribution in [3.8, 4) is 11.4 Å². The average Bonchev–Trinajstić information content (AvgIpc) is 2.78. The van der Waals surface area contributed by atoms with Crippen LogP contribution in [0, 0.1) is 11.7 Å². The van der Waals surface area contributed by atoms with E-state index in [-0.39, 0.29) is 5.82 Å². The van der Waals surface area contributed by atoms with Gasteiger partial charge >= 0.3 is 0 Å². The van der Waals surface area contributed by atoms with Crippen LogP contribution in [-0.4, -0.2) is 9.97 Å². The van der Waals surface area contributed by atoms with Crippen LogP contribution >= 0.6 is 0 Å². The maximum absolute atomic E-state index is 14.9. The zero-order valence-corrected chi connectivity index (χ0v) is 19.0. The first-order valence-corrected chi connectivity index (χ1v) is 12.3. The van der Waals surface area contributed by atoms with Gasteiger partial charge in [0.05, 0.1) is 0 Å². The summed E-state index contributed by atoms with van der Waals surface area (Å²) >= 11 is 0. The Morgan fingerprint density at radius 1 is 0.867 bits per heavy atom. The average molecular weight is 411 g/mol. The lowest BCUT2D eigenvalue weighted by Crippen LogP contribution is -2.14. The molecule has 0 bridgehead atoms. The van der Waals surface area contributed by atoms with Crippen LogP contribution in [0.2, 0.25) is 0 Å². The molecule has 0 spiro atoms. The molecule has 3 heteroatoms. The zero-order chi connectivity index (χ0) is 21.2. The van der Waals surface area contributed by atoms with E-state index < -0.39 is 0 Å². The van der Waals surface area contributed by atoms with E-state index in [1.807, 2.05) is 24.5 Å².